The summed E-state index contributed by atoms with van der Waals surface area (Å²) in [6.45, 7) is 8.74. The summed E-state index contributed by atoms with van der Waals surface area (Å²) >= 11 is 0. The number of nitrogens with one attached hydrogen (secondary N) is 1. The number of aryl methyl sites for hydroxylation is 1. The lowest BCUT2D eigenvalue weighted by atomic mass is 9.89. The van der Waals surface area contributed by atoms with Crippen molar-refractivity contribution >= 4 is 17.6 Å². The van der Waals surface area contributed by atoms with E-state index in [1.807, 2.05) is 26.8 Å². The van der Waals surface area contributed by atoms with Gasteiger partial charge in [-0.15, -0.1) is 0 Å². The van der Waals surface area contributed by atoms with Gasteiger partial charge in [0, 0.05) is 25.2 Å². The number of carbonyl (C=O) groups excluding carboxylic acids is 1. The molecule has 9 heteroatoms. The van der Waals surface area contributed by atoms with E-state index >= 15 is 0 Å². The first-order valence-electron chi connectivity index (χ1n) is 10.8. The highest BCUT2D eigenvalue weighted by Gasteiger charge is 2.27. The van der Waals surface area contributed by atoms with Crippen LogP contribution in [0.15, 0.2) is 18.2 Å². The fourth-order valence-corrected chi connectivity index (χ4v) is 3.64. The van der Waals surface area contributed by atoms with Crippen LogP contribution in [0.3, 0.4) is 0 Å². The highest BCUT2D eigenvalue weighted by atomic mass is 19.1. The van der Waals surface area contributed by atoms with E-state index in [1.165, 1.54) is 7.11 Å². The number of amides is 1. The van der Waals surface area contributed by atoms with Gasteiger partial charge in [-0.05, 0) is 58.1 Å². The fraction of sp³-hybridized carbons (Fsp3) is 0.522. The number of hydrogen-bond donors (Lipinski definition) is 2. The zero-order valence-electron chi connectivity index (χ0n) is 19.4. The monoisotopic (exact) mass is 445 g/mol. The van der Waals surface area contributed by atoms with E-state index in [0.717, 1.165) is 18.4 Å². The van der Waals surface area contributed by atoms with E-state index in [4.69, 9.17) is 15.2 Å². The second kappa shape index (κ2) is 9.58. The fourth-order valence-electron chi connectivity index (χ4n) is 3.64. The molecule has 3 N–H and O–H groups in total. The van der Waals surface area contributed by atoms with Gasteiger partial charge in [0.05, 0.1) is 18.5 Å². The molecule has 2 aromatic rings. The first kappa shape index (κ1) is 23.6. The Kier molecular flexibility index (Phi) is 7.06. The van der Waals surface area contributed by atoms with Gasteiger partial charge in [0.25, 0.3) is 0 Å². The summed E-state index contributed by atoms with van der Waals surface area (Å²) in [6.07, 6.45) is 1.25. The number of methoxy groups -OCH3 is 1. The molecular formula is C23H32FN5O3. The van der Waals surface area contributed by atoms with Crippen molar-refractivity contribution in [3.8, 4) is 6.01 Å². The molecule has 0 aliphatic carbocycles. The van der Waals surface area contributed by atoms with E-state index in [2.05, 4.69) is 15.3 Å². The van der Waals surface area contributed by atoms with Crippen molar-refractivity contribution in [2.45, 2.75) is 58.6 Å². The largest absolute Gasteiger partial charge is 0.467 e. The standard InChI is InChI=1S/C23H32FN5O3/c1-14-19(25)20(28-21(27-14)31-5)26-13-17-7-6-16(12-18(17)24)15-8-10-29(11-9-15)22(30)32-23(2,3)4/h6-7,12,15H,8-11,13,25H2,1-5H3,(H,26,27,28). The Morgan fingerprint density at radius 2 is 1.97 bits per heavy atom. The number of rotatable bonds is 5. The summed E-state index contributed by atoms with van der Waals surface area (Å²) in [4.78, 5) is 22.3. The number of nitrogens with two attached hydrogens (primary N) is 1. The Labute approximate surface area is 188 Å². The van der Waals surface area contributed by atoms with Crippen molar-refractivity contribution in [3.05, 3.63) is 40.8 Å². The molecule has 1 aromatic carbocycles. The second-order valence-corrected chi connectivity index (χ2v) is 9.00. The topological polar surface area (TPSA) is 103 Å². The number of piperidine rings is 1. The number of nitrogen functional groups attached to an aromatic ring is 1. The lowest BCUT2D eigenvalue weighted by molar-refractivity contribution is 0.0204. The number of benzene rings is 1. The van der Waals surface area contributed by atoms with Crippen LogP contribution >= 0.6 is 0 Å². The van der Waals surface area contributed by atoms with Crippen LogP contribution in [0, 0.1) is 12.7 Å². The molecule has 1 aliphatic rings. The molecule has 8 nitrogen and oxygen atoms in total. The summed E-state index contributed by atoms with van der Waals surface area (Å²) < 4.78 is 25.3. The molecular weight excluding hydrogens is 413 g/mol. The van der Waals surface area contributed by atoms with E-state index < -0.39 is 5.60 Å². The molecule has 0 saturated carbocycles. The second-order valence-electron chi connectivity index (χ2n) is 9.00. The third-order valence-corrected chi connectivity index (χ3v) is 5.44. The average molecular weight is 446 g/mol. The smallest absolute Gasteiger partial charge is 0.410 e. The average Bonchev–Trinajstić information content (AvgIpc) is 2.74. The van der Waals surface area contributed by atoms with E-state index in [-0.39, 0.29) is 30.4 Å². The van der Waals surface area contributed by atoms with Crippen molar-refractivity contribution in [1.82, 2.24) is 14.9 Å². The zero-order chi connectivity index (χ0) is 23.5. The molecule has 174 valence electrons. The molecule has 1 amide bonds. The summed E-state index contributed by atoms with van der Waals surface area (Å²) in [5.41, 5.74) is 7.95. The van der Waals surface area contributed by atoms with Crippen LogP contribution in [0.1, 0.15) is 56.4 Å². The quantitative estimate of drug-likeness (QED) is 0.709. The maximum absolute atomic E-state index is 14.8. The van der Waals surface area contributed by atoms with Gasteiger partial charge in [0.1, 0.15) is 11.4 Å². The summed E-state index contributed by atoms with van der Waals surface area (Å²) in [7, 11) is 1.48. The number of nitrogens with zero attached hydrogens (tertiary/aromatic N) is 3. The molecule has 0 atom stereocenters. The Balaban J connectivity index is 1.60. The van der Waals surface area contributed by atoms with E-state index in [1.54, 1.807) is 24.0 Å². The zero-order valence-corrected chi connectivity index (χ0v) is 19.4. The summed E-state index contributed by atoms with van der Waals surface area (Å²) in [5.74, 6) is 0.322. The molecule has 1 aromatic heterocycles. The number of hydrogen-bond acceptors (Lipinski definition) is 7. The minimum atomic E-state index is -0.513. The molecule has 2 heterocycles. The van der Waals surface area contributed by atoms with Crippen molar-refractivity contribution in [3.63, 3.8) is 0 Å². The van der Waals surface area contributed by atoms with Gasteiger partial charge in [-0.1, -0.05) is 12.1 Å². The third-order valence-electron chi connectivity index (χ3n) is 5.44. The van der Waals surface area contributed by atoms with Crippen LogP contribution in [0.5, 0.6) is 6.01 Å². The molecule has 1 aliphatic heterocycles. The molecule has 0 spiro atoms. The molecule has 0 bridgehead atoms. The van der Waals surface area contributed by atoms with Crippen LogP contribution in [0.2, 0.25) is 0 Å². The number of likely N-dealkylation sites (tertiary alicyclic amines) is 1. The highest BCUT2D eigenvalue weighted by Crippen LogP contribution is 2.30. The SMILES string of the molecule is COc1nc(C)c(N)c(NCc2ccc(C3CCN(C(=O)OC(C)(C)C)CC3)cc2F)n1. The molecule has 1 fully saturated rings. The highest BCUT2D eigenvalue weighted by molar-refractivity contribution is 5.68. The maximum Gasteiger partial charge on any atom is 0.410 e. The Hall–Kier alpha value is -3.10. The van der Waals surface area contributed by atoms with Gasteiger partial charge in [-0.2, -0.15) is 9.97 Å². The summed E-state index contributed by atoms with van der Waals surface area (Å²) in [5, 5.41) is 3.07. The molecule has 32 heavy (non-hydrogen) atoms. The Morgan fingerprint density at radius 1 is 1.28 bits per heavy atom. The van der Waals surface area contributed by atoms with Crippen LogP contribution in [0.25, 0.3) is 0 Å². The van der Waals surface area contributed by atoms with Crippen LogP contribution < -0.4 is 15.8 Å². The van der Waals surface area contributed by atoms with Gasteiger partial charge in [-0.25, -0.2) is 9.18 Å². The molecule has 0 radical (unpaired) electrons. The predicted molar refractivity (Wildman–Crippen MR) is 121 cm³/mol. The van der Waals surface area contributed by atoms with Gasteiger partial charge in [-0.3, -0.25) is 0 Å². The molecule has 1 saturated heterocycles. The van der Waals surface area contributed by atoms with E-state index in [9.17, 15) is 9.18 Å². The van der Waals surface area contributed by atoms with Crippen molar-refractivity contribution in [2.24, 2.45) is 0 Å². The predicted octanol–water partition coefficient (Wildman–Crippen LogP) is 4.24. The molecule has 0 unspecified atom stereocenters. The Bertz CT molecular complexity index is 969. The lowest BCUT2D eigenvalue weighted by Gasteiger charge is -2.33. The minimum Gasteiger partial charge on any atom is -0.467 e. The van der Waals surface area contributed by atoms with Crippen molar-refractivity contribution in [1.29, 1.82) is 0 Å². The van der Waals surface area contributed by atoms with Gasteiger partial charge in [0.15, 0.2) is 5.82 Å². The Morgan fingerprint density at radius 3 is 2.56 bits per heavy atom. The van der Waals surface area contributed by atoms with Gasteiger partial charge >= 0.3 is 12.1 Å². The van der Waals surface area contributed by atoms with Crippen LogP contribution in [0.4, 0.5) is 20.7 Å². The number of carbonyl (C=O) groups is 1. The lowest BCUT2D eigenvalue weighted by Crippen LogP contribution is -2.41. The van der Waals surface area contributed by atoms with Gasteiger partial charge < -0.3 is 25.4 Å². The van der Waals surface area contributed by atoms with E-state index in [0.29, 0.717) is 35.9 Å². The summed E-state index contributed by atoms with van der Waals surface area (Å²) in [6, 6.07) is 5.51. The minimum absolute atomic E-state index is 0.202. The van der Waals surface area contributed by atoms with Gasteiger partial charge in [0.2, 0.25) is 0 Å². The molecule has 3 rings (SSSR count). The first-order valence-corrected chi connectivity index (χ1v) is 10.8. The third kappa shape index (κ3) is 5.77. The normalized spacial score (nSPS) is 14.9. The first-order chi connectivity index (χ1) is 15.1. The number of ether oxygens (including phenoxy) is 2. The number of aromatic nitrogens is 2. The number of anilines is 2. The van der Waals surface area contributed by atoms with Crippen LogP contribution in [-0.4, -0.2) is 46.8 Å². The number of halogens is 1. The van der Waals surface area contributed by atoms with Crippen LogP contribution in [-0.2, 0) is 11.3 Å². The maximum atomic E-state index is 14.8. The van der Waals surface area contributed by atoms with Crippen molar-refractivity contribution < 1.29 is 18.7 Å². The van der Waals surface area contributed by atoms with Crippen molar-refractivity contribution in [2.75, 3.05) is 31.2 Å².